The molecule has 2 aromatic rings. The molecule has 1 heterocycles. The molecular formula is C25H33N3O2S. The molecule has 2 atom stereocenters. The molecule has 31 heavy (non-hydrogen) atoms. The maximum absolute atomic E-state index is 11.9. The number of nitrogens with one attached hydrogen (secondary N) is 2. The zero-order valence-corrected chi connectivity index (χ0v) is 19.7. The number of piperidine rings is 1. The van der Waals surface area contributed by atoms with Gasteiger partial charge in [0, 0.05) is 24.5 Å². The van der Waals surface area contributed by atoms with Crippen molar-refractivity contribution < 1.29 is 9.53 Å². The van der Waals surface area contributed by atoms with Crippen LogP contribution in [0, 0.1) is 12.8 Å². The first-order valence-corrected chi connectivity index (χ1v) is 11.5. The lowest BCUT2D eigenvalue weighted by Crippen LogP contribution is -2.34. The van der Waals surface area contributed by atoms with E-state index in [4.69, 9.17) is 17.0 Å². The highest BCUT2D eigenvalue weighted by molar-refractivity contribution is 7.80. The average Bonchev–Trinajstić information content (AvgIpc) is 2.75. The molecule has 0 aliphatic carbocycles. The third-order valence-corrected chi connectivity index (χ3v) is 5.97. The number of rotatable bonds is 6. The summed E-state index contributed by atoms with van der Waals surface area (Å²) in [6.07, 6.45) is 2.59. The second-order valence-corrected chi connectivity index (χ2v) is 8.76. The number of nitrogens with zero attached hydrogens (tertiary/aromatic N) is 1. The molecule has 1 aliphatic heterocycles. The van der Waals surface area contributed by atoms with E-state index in [-0.39, 0.29) is 12.0 Å². The molecule has 0 amide bonds. The summed E-state index contributed by atoms with van der Waals surface area (Å²) < 4.78 is 5.06. The number of carbonyl (C=O) groups is 1. The molecule has 0 bridgehead atoms. The molecule has 1 aliphatic rings. The fourth-order valence-corrected chi connectivity index (χ4v) is 4.27. The Kier molecular flexibility index (Phi) is 7.91. The molecule has 0 radical (unpaired) electrons. The van der Waals surface area contributed by atoms with E-state index >= 15 is 0 Å². The highest BCUT2D eigenvalue weighted by atomic mass is 32.1. The van der Waals surface area contributed by atoms with Crippen molar-refractivity contribution in [1.82, 2.24) is 5.32 Å². The molecule has 166 valence electrons. The minimum absolute atomic E-state index is 0.0773. The van der Waals surface area contributed by atoms with Crippen LogP contribution in [0.3, 0.4) is 0 Å². The van der Waals surface area contributed by atoms with Crippen LogP contribution in [0.1, 0.15) is 61.1 Å². The lowest BCUT2D eigenvalue weighted by molar-refractivity contribution is 0.0526. The first-order chi connectivity index (χ1) is 14.9. The maximum Gasteiger partial charge on any atom is 0.338 e. The predicted octanol–water partition coefficient (Wildman–Crippen LogP) is 5.46. The van der Waals surface area contributed by atoms with Crippen LogP contribution in [0.4, 0.5) is 11.4 Å². The van der Waals surface area contributed by atoms with Crippen LogP contribution in [0.2, 0.25) is 0 Å². The van der Waals surface area contributed by atoms with Gasteiger partial charge in [0.25, 0.3) is 0 Å². The Balaban J connectivity index is 1.57. The standard InChI is InChI=1S/C25H33N3O2S/c1-5-30-24(29)21-10-13-23(18(3)15-21)27-25(31)26-19(4)20-8-11-22(12-9-20)28-14-6-7-17(2)16-28/h8-13,15,17,19H,5-7,14,16H2,1-4H3,(H2,26,27,31)/t17-,19+/m1/s1. The molecule has 0 spiro atoms. The molecule has 0 unspecified atom stereocenters. The highest BCUT2D eigenvalue weighted by Crippen LogP contribution is 2.25. The summed E-state index contributed by atoms with van der Waals surface area (Å²) in [5, 5.41) is 7.14. The summed E-state index contributed by atoms with van der Waals surface area (Å²) in [4.78, 5) is 14.4. The average molecular weight is 440 g/mol. The van der Waals surface area contributed by atoms with Gasteiger partial charge < -0.3 is 20.3 Å². The van der Waals surface area contributed by atoms with Gasteiger partial charge in [-0.25, -0.2) is 4.79 Å². The molecule has 1 saturated heterocycles. The Labute approximate surface area is 191 Å². The fraction of sp³-hybridized carbons (Fsp3) is 0.440. The first kappa shape index (κ1) is 23.1. The summed E-state index contributed by atoms with van der Waals surface area (Å²) >= 11 is 5.52. The number of esters is 1. The summed E-state index contributed by atoms with van der Waals surface area (Å²) in [5.41, 5.74) is 4.82. The van der Waals surface area contributed by atoms with Gasteiger partial charge in [0.05, 0.1) is 18.2 Å². The molecule has 3 rings (SSSR count). The van der Waals surface area contributed by atoms with E-state index < -0.39 is 0 Å². The Morgan fingerprint density at radius 1 is 1.26 bits per heavy atom. The lowest BCUT2D eigenvalue weighted by atomic mass is 9.99. The predicted molar refractivity (Wildman–Crippen MR) is 132 cm³/mol. The van der Waals surface area contributed by atoms with Gasteiger partial charge in [-0.05, 0) is 93.2 Å². The van der Waals surface area contributed by atoms with Gasteiger partial charge in [-0.3, -0.25) is 0 Å². The molecule has 6 heteroatoms. The lowest BCUT2D eigenvalue weighted by Gasteiger charge is -2.33. The molecule has 5 nitrogen and oxygen atoms in total. The van der Waals surface area contributed by atoms with Crippen LogP contribution in [0.5, 0.6) is 0 Å². The number of carbonyl (C=O) groups excluding carboxylic acids is 1. The molecule has 2 aromatic carbocycles. The van der Waals surface area contributed by atoms with Crippen molar-refractivity contribution in [2.75, 3.05) is 29.9 Å². The van der Waals surface area contributed by atoms with Crippen molar-refractivity contribution in [3.8, 4) is 0 Å². The van der Waals surface area contributed by atoms with E-state index in [2.05, 4.69) is 53.6 Å². The quantitative estimate of drug-likeness (QED) is 0.461. The van der Waals surface area contributed by atoms with Crippen LogP contribution < -0.4 is 15.5 Å². The second-order valence-electron chi connectivity index (χ2n) is 8.36. The third kappa shape index (κ3) is 6.20. The highest BCUT2D eigenvalue weighted by Gasteiger charge is 2.17. The van der Waals surface area contributed by atoms with Gasteiger partial charge in [-0.2, -0.15) is 0 Å². The van der Waals surface area contributed by atoms with Crippen LogP contribution >= 0.6 is 12.2 Å². The summed E-state index contributed by atoms with van der Waals surface area (Å²) in [5.74, 6) is 0.446. The number of hydrogen-bond acceptors (Lipinski definition) is 4. The van der Waals surface area contributed by atoms with Crippen LogP contribution in [0.25, 0.3) is 0 Å². The summed E-state index contributed by atoms with van der Waals surface area (Å²) in [7, 11) is 0. The van der Waals surface area contributed by atoms with Gasteiger partial charge in [0.2, 0.25) is 0 Å². The van der Waals surface area contributed by atoms with E-state index in [9.17, 15) is 4.79 Å². The van der Waals surface area contributed by atoms with Crippen molar-refractivity contribution in [3.63, 3.8) is 0 Å². The Hall–Kier alpha value is -2.60. The second kappa shape index (κ2) is 10.6. The van der Waals surface area contributed by atoms with Crippen LogP contribution in [0.15, 0.2) is 42.5 Å². The number of aryl methyl sites for hydroxylation is 1. The Morgan fingerprint density at radius 2 is 2.00 bits per heavy atom. The molecule has 0 saturated carbocycles. The Morgan fingerprint density at radius 3 is 2.65 bits per heavy atom. The maximum atomic E-state index is 11.9. The third-order valence-electron chi connectivity index (χ3n) is 5.75. The van der Waals surface area contributed by atoms with E-state index in [0.29, 0.717) is 17.3 Å². The van der Waals surface area contributed by atoms with Crippen LogP contribution in [-0.4, -0.2) is 30.8 Å². The number of thiocarbonyl (C=S) groups is 1. The van der Waals surface area contributed by atoms with Gasteiger partial charge in [0.15, 0.2) is 5.11 Å². The fourth-order valence-electron chi connectivity index (χ4n) is 3.98. The number of anilines is 2. The van der Waals surface area contributed by atoms with E-state index in [1.54, 1.807) is 13.0 Å². The SMILES string of the molecule is CCOC(=O)c1ccc(NC(=S)N[C@@H](C)c2ccc(N3CCC[C@@H](C)C3)cc2)c(C)c1. The van der Waals surface area contributed by atoms with Crippen LogP contribution in [-0.2, 0) is 4.74 Å². The largest absolute Gasteiger partial charge is 0.462 e. The monoisotopic (exact) mass is 439 g/mol. The molecular weight excluding hydrogens is 406 g/mol. The summed E-state index contributed by atoms with van der Waals surface area (Å²) in [6.45, 7) is 10.8. The van der Waals surface area contributed by atoms with Crippen molar-refractivity contribution in [1.29, 1.82) is 0 Å². The zero-order valence-electron chi connectivity index (χ0n) is 18.9. The first-order valence-electron chi connectivity index (χ1n) is 11.1. The van der Waals surface area contributed by atoms with E-state index in [1.807, 2.05) is 19.1 Å². The van der Waals surface area contributed by atoms with Gasteiger partial charge >= 0.3 is 5.97 Å². The number of benzene rings is 2. The van der Waals surface area contributed by atoms with Gasteiger partial charge in [-0.15, -0.1) is 0 Å². The van der Waals surface area contributed by atoms with Crippen molar-refractivity contribution in [3.05, 3.63) is 59.2 Å². The summed E-state index contributed by atoms with van der Waals surface area (Å²) in [6, 6.07) is 14.3. The minimum atomic E-state index is -0.311. The Bertz CT molecular complexity index is 913. The zero-order chi connectivity index (χ0) is 22.4. The smallest absolute Gasteiger partial charge is 0.338 e. The minimum Gasteiger partial charge on any atom is -0.462 e. The van der Waals surface area contributed by atoms with Crippen molar-refractivity contribution in [2.45, 2.75) is 46.6 Å². The normalized spacial score (nSPS) is 17.0. The number of hydrogen-bond donors (Lipinski definition) is 2. The number of ether oxygens (including phenoxy) is 1. The molecule has 0 aromatic heterocycles. The molecule has 1 fully saturated rings. The topological polar surface area (TPSA) is 53.6 Å². The van der Waals surface area contributed by atoms with E-state index in [1.165, 1.54) is 24.1 Å². The van der Waals surface area contributed by atoms with Gasteiger partial charge in [0.1, 0.15) is 0 Å². The van der Waals surface area contributed by atoms with E-state index in [0.717, 1.165) is 30.3 Å². The van der Waals surface area contributed by atoms with Crippen molar-refractivity contribution >= 4 is 34.7 Å². The van der Waals surface area contributed by atoms with Crippen molar-refractivity contribution in [2.24, 2.45) is 5.92 Å². The molecule has 2 N–H and O–H groups in total. The van der Waals surface area contributed by atoms with Gasteiger partial charge in [-0.1, -0.05) is 19.1 Å².